The van der Waals surface area contributed by atoms with Crippen molar-refractivity contribution in [2.45, 2.75) is 63.8 Å². The molecule has 0 aromatic heterocycles. The second kappa shape index (κ2) is 4.58. The molecule has 0 aromatic carbocycles. The third-order valence-corrected chi connectivity index (χ3v) is 3.32. The van der Waals surface area contributed by atoms with E-state index in [0.717, 1.165) is 25.9 Å². The van der Waals surface area contributed by atoms with Gasteiger partial charge < -0.3 is 14.2 Å². The maximum absolute atomic E-state index is 11.9. The van der Waals surface area contributed by atoms with Crippen molar-refractivity contribution >= 4 is 5.97 Å². The van der Waals surface area contributed by atoms with Crippen molar-refractivity contribution in [1.82, 2.24) is 0 Å². The fraction of sp³-hybridized carbons (Fsp3) is 0.923. The van der Waals surface area contributed by atoms with Gasteiger partial charge in [0.1, 0.15) is 0 Å². The van der Waals surface area contributed by atoms with E-state index in [1.165, 1.54) is 0 Å². The third-order valence-electron chi connectivity index (χ3n) is 3.32. The molecule has 0 saturated carbocycles. The first-order valence-corrected chi connectivity index (χ1v) is 6.45. The molecule has 1 spiro atoms. The van der Waals surface area contributed by atoms with Gasteiger partial charge in [0.15, 0.2) is 6.10 Å². The Labute approximate surface area is 103 Å². The zero-order valence-corrected chi connectivity index (χ0v) is 11.0. The Morgan fingerprint density at radius 1 is 1.47 bits per heavy atom. The van der Waals surface area contributed by atoms with Crippen LogP contribution >= 0.6 is 0 Å². The SMILES string of the molecule is CCCCOC(=O)[C@@H]1C[C@]2(CO2)CC(C)(C)O1. The van der Waals surface area contributed by atoms with E-state index < -0.39 is 6.10 Å². The molecule has 2 atom stereocenters. The van der Waals surface area contributed by atoms with Gasteiger partial charge in [-0.15, -0.1) is 0 Å². The Morgan fingerprint density at radius 2 is 2.18 bits per heavy atom. The standard InChI is InChI=1S/C13H22O4/c1-4-5-6-15-11(14)10-7-13(9-16-13)8-12(2,3)17-10/h10H,4-9H2,1-3H3/t10-,13+/m0/s1. The van der Waals surface area contributed by atoms with Gasteiger partial charge in [-0.2, -0.15) is 0 Å². The van der Waals surface area contributed by atoms with Crippen LogP contribution < -0.4 is 0 Å². The van der Waals surface area contributed by atoms with Crippen LogP contribution in [0, 0.1) is 0 Å². The van der Waals surface area contributed by atoms with Crippen molar-refractivity contribution in [3.05, 3.63) is 0 Å². The second-order valence-corrected chi connectivity index (χ2v) is 5.74. The maximum Gasteiger partial charge on any atom is 0.335 e. The highest BCUT2D eigenvalue weighted by Crippen LogP contribution is 2.46. The normalized spacial score (nSPS) is 34.6. The van der Waals surface area contributed by atoms with Gasteiger partial charge in [0.2, 0.25) is 0 Å². The minimum absolute atomic E-state index is 0.115. The van der Waals surface area contributed by atoms with Crippen LogP contribution in [0.25, 0.3) is 0 Å². The predicted molar refractivity (Wildman–Crippen MR) is 62.7 cm³/mol. The summed E-state index contributed by atoms with van der Waals surface area (Å²) in [5.41, 5.74) is -0.417. The quantitative estimate of drug-likeness (QED) is 0.430. The lowest BCUT2D eigenvalue weighted by Gasteiger charge is -2.38. The fourth-order valence-corrected chi connectivity index (χ4v) is 2.52. The average Bonchev–Trinajstić information content (AvgIpc) is 2.94. The summed E-state index contributed by atoms with van der Waals surface area (Å²) in [5, 5.41) is 0. The molecular formula is C13H22O4. The summed E-state index contributed by atoms with van der Waals surface area (Å²) in [6, 6.07) is 0. The van der Waals surface area contributed by atoms with Crippen LogP contribution in [0.3, 0.4) is 0 Å². The number of esters is 1. The molecule has 0 aliphatic carbocycles. The van der Waals surface area contributed by atoms with Crippen molar-refractivity contribution in [1.29, 1.82) is 0 Å². The fourth-order valence-electron chi connectivity index (χ4n) is 2.52. The summed E-state index contributed by atoms with van der Waals surface area (Å²) in [4.78, 5) is 11.9. The summed E-state index contributed by atoms with van der Waals surface area (Å²) in [7, 11) is 0. The largest absolute Gasteiger partial charge is 0.464 e. The molecule has 0 bridgehead atoms. The minimum Gasteiger partial charge on any atom is -0.464 e. The first kappa shape index (κ1) is 12.8. The number of carbonyl (C=O) groups excluding carboxylic acids is 1. The van der Waals surface area contributed by atoms with E-state index in [1.807, 2.05) is 13.8 Å². The van der Waals surface area contributed by atoms with Gasteiger partial charge in [-0.1, -0.05) is 13.3 Å². The Balaban J connectivity index is 1.89. The van der Waals surface area contributed by atoms with Crippen LogP contribution in [0.1, 0.15) is 46.5 Å². The Kier molecular flexibility index (Phi) is 3.46. The zero-order valence-electron chi connectivity index (χ0n) is 11.0. The molecule has 4 heteroatoms. The van der Waals surface area contributed by atoms with Crippen molar-refractivity contribution in [2.24, 2.45) is 0 Å². The molecule has 2 aliphatic rings. The molecule has 4 nitrogen and oxygen atoms in total. The first-order chi connectivity index (χ1) is 7.96. The zero-order chi connectivity index (χ0) is 12.5. The van der Waals surface area contributed by atoms with Crippen molar-refractivity contribution < 1.29 is 19.0 Å². The number of hydrogen-bond donors (Lipinski definition) is 0. The summed E-state index contributed by atoms with van der Waals surface area (Å²) in [6.07, 6.45) is 2.97. The van der Waals surface area contributed by atoms with Crippen molar-refractivity contribution in [2.75, 3.05) is 13.2 Å². The first-order valence-electron chi connectivity index (χ1n) is 6.45. The number of unbranched alkanes of at least 4 members (excludes halogenated alkanes) is 1. The van der Waals surface area contributed by atoms with E-state index >= 15 is 0 Å². The van der Waals surface area contributed by atoms with Gasteiger partial charge in [-0.3, -0.25) is 0 Å². The highest BCUT2D eigenvalue weighted by atomic mass is 16.6. The lowest BCUT2D eigenvalue weighted by Crippen LogP contribution is -2.47. The molecule has 2 heterocycles. The summed E-state index contributed by atoms with van der Waals surface area (Å²) in [5.74, 6) is -0.235. The third kappa shape index (κ3) is 3.19. The minimum atomic E-state index is -0.460. The smallest absolute Gasteiger partial charge is 0.335 e. The predicted octanol–water partition coefficient (Wildman–Crippen LogP) is 2.06. The van der Waals surface area contributed by atoms with E-state index in [-0.39, 0.29) is 17.2 Å². The number of carbonyl (C=O) groups is 1. The highest BCUT2D eigenvalue weighted by molar-refractivity contribution is 5.75. The van der Waals surface area contributed by atoms with E-state index in [9.17, 15) is 4.79 Å². The molecule has 0 aromatic rings. The van der Waals surface area contributed by atoms with Crippen LogP contribution in [-0.2, 0) is 19.0 Å². The molecule has 17 heavy (non-hydrogen) atoms. The monoisotopic (exact) mass is 242 g/mol. The molecule has 0 radical (unpaired) electrons. The lowest BCUT2D eigenvalue weighted by molar-refractivity contribution is -0.182. The van der Waals surface area contributed by atoms with Crippen LogP contribution in [0.15, 0.2) is 0 Å². The molecule has 2 rings (SSSR count). The van der Waals surface area contributed by atoms with Gasteiger partial charge in [0.05, 0.1) is 24.4 Å². The van der Waals surface area contributed by atoms with Gasteiger partial charge in [0, 0.05) is 12.8 Å². The van der Waals surface area contributed by atoms with Gasteiger partial charge in [-0.05, 0) is 20.3 Å². The summed E-state index contributed by atoms with van der Waals surface area (Å²) < 4.78 is 16.5. The number of ether oxygens (including phenoxy) is 3. The molecule has 98 valence electrons. The Bertz CT molecular complexity index is 288. The van der Waals surface area contributed by atoms with Gasteiger partial charge >= 0.3 is 5.97 Å². The molecule has 2 fully saturated rings. The molecule has 0 amide bonds. The summed E-state index contributed by atoms with van der Waals surface area (Å²) >= 11 is 0. The van der Waals surface area contributed by atoms with Crippen molar-refractivity contribution in [3.8, 4) is 0 Å². The van der Waals surface area contributed by atoms with E-state index in [1.54, 1.807) is 0 Å². The van der Waals surface area contributed by atoms with E-state index in [2.05, 4.69) is 6.92 Å². The van der Waals surface area contributed by atoms with Crippen LogP contribution in [0.5, 0.6) is 0 Å². The molecule has 0 N–H and O–H groups in total. The molecule has 0 unspecified atom stereocenters. The number of hydrogen-bond acceptors (Lipinski definition) is 4. The van der Waals surface area contributed by atoms with Crippen LogP contribution in [-0.4, -0.2) is 36.5 Å². The highest BCUT2D eigenvalue weighted by Gasteiger charge is 2.55. The summed E-state index contributed by atoms with van der Waals surface area (Å²) in [6.45, 7) is 7.31. The Hall–Kier alpha value is -0.610. The lowest BCUT2D eigenvalue weighted by atomic mass is 9.85. The van der Waals surface area contributed by atoms with Gasteiger partial charge in [-0.25, -0.2) is 4.79 Å². The second-order valence-electron chi connectivity index (χ2n) is 5.74. The maximum atomic E-state index is 11.9. The van der Waals surface area contributed by atoms with Gasteiger partial charge in [0.25, 0.3) is 0 Å². The van der Waals surface area contributed by atoms with Crippen LogP contribution in [0.2, 0.25) is 0 Å². The Morgan fingerprint density at radius 3 is 2.76 bits per heavy atom. The number of rotatable bonds is 4. The van der Waals surface area contributed by atoms with E-state index in [0.29, 0.717) is 13.0 Å². The molecule has 2 saturated heterocycles. The molecule has 2 aliphatic heterocycles. The number of epoxide rings is 1. The van der Waals surface area contributed by atoms with Crippen LogP contribution in [0.4, 0.5) is 0 Å². The van der Waals surface area contributed by atoms with E-state index in [4.69, 9.17) is 14.2 Å². The topological polar surface area (TPSA) is 48.1 Å². The molecular weight excluding hydrogens is 220 g/mol. The average molecular weight is 242 g/mol. The van der Waals surface area contributed by atoms with Crippen molar-refractivity contribution in [3.63, 3.8) is 0 Å².